The molecule has 0 radical (unpaired) electrons. The number of benzene rings is 2. The third kappa shape index (κ3) is 3.66. The van der Waals surface area contributed by atoms with E-state index in [0.717, 1.165) is 5.56 Å². The van der Waals surface area contributed by atoms with E-state index in [-0.39, 0.29) is 12.3 Å². The fourth-order valence-corrected chi connectivity index (χ4v) is 2.70. The molecule has 1 aliphatic rings. The zero-order chi connectivity index (χ0) is 18.7. The molecular formula is C19H19N3O4. The molecular weight excluding hydrogens is 334 g/mol. The van der Waals surface area contributed by atoms with E-state index in [1.165, 1.54) is 7.11 Å². The molecule has 26 heavy (non-hydrogen) atoms. The van der Waals surface area contributed by atoms with Gasteiger partial charge in [-0.2, -0.15) is 0 Å². The van der Waals surface area contributed by atoms with Gasteiger partial charge in [0.15, 0.2) is 0 Å². The van der Waals surface area contributed by atoms with Gasteiger partial charge >= 0.3 is 12.0 Å². The van der Waals surface area contributed by atoms with Crippen LogP contribution in [0.4, 0.5) is 16.2 Å². The molecule has 1 heterocycles. The number of cyclic esters (lactones) is 1. The van der Waals surface area contributed by atoms with Gasteiger partial charge < -0.3 is 20.1 Å². The maximum Gasteiger partial charge on any atom is 0.352 e. The van der Waals surface area contributed by atoms with Gasteiger partial charge in [-0.05, 0) is 30.7 Å². The molecule has 0 spiro atoms. The highest BCUT2D eigenvalue weighted by molar-refractivity contribution is 6.39. The van der Waals surface area contributed by atoms with E-state index in [1.807, 2.05) is 19.1 Å². The highest BCUT2D eigenvalue weighted by Crippen LogP contribution is 2.32. The van der Waals surface area contributed by atoms with Crippen molar-refractivity contribution in [2.75, 3.05) is 24.4 Å². The number of carbonyl (C=O) groups excluding carboxylic acids is 2. The summed E-state index contributed by atoms with van der Waals surface area (Å²) in [5.74, 6) is -0.611. The lowest BCUT2D eigenvalue weighted by atomic mass is 9.94. The maximum absolute atomic E-state index is 12.4. The number of carbonyl (C=O) groups is 2. The Morgan fingerprint density at radius 2 is 1.92 bits per heavy atom. The molecule has 1 fully saturated rings. The number of urea groups is 1. The van der Waals surface area contributed by atoms with E-state index in [2.05, 4.69) is 10.6 Å². The summed E-state index contributed by atoms with van der Waals surface area (Å²) in [6.07, 6.45) is 0. The Kier molecular flexibility index (Phi) is 4.88. The van der Waals surface area contributed by atoms with Crippen molar-refractivity contribution in [3.05, 3.63) is 53.6 Å². The minimum Gasteiger partial charge on any atom is -0.497 e. The van der Waals surface area contributed by atoms with E-state index in [4.69, 9.17) is 14.9 Å². The number of methoxy groups -OCH3 is 1. The number of rotatable bonds is 4. The number of hydrogen-bond acceptors (Lipinski definition) is 5. The van der Waals surface area contributed by atoms with Crippen LogP contribution >= 0.6 is 0 Å². The van der Waals surface area contributed by atoms with Gasteiger partial charge in [0, 0.05) is 11.8 Å². The van der Waals surface area contributed by atoms with E-state index in [9.17, 15) is 9.59 Å². The first-order valence-electron chi connectivity index (χ1n) is 8.06. The Balaban J connectivity index is 1.83. The molecule has 3 N–H and O–H groups in total. The van der Waals surface area contributed by atoms with Crippen LogP contribution in [0.5, 0.6) is 5.75 Å². The van der Waals surface area contributed by atoms with Gasteiger partial charge in [-0.3, -0.25) is 5.41 Å². The number of ether oxygens (including phenoxy) is 2. The monoisotopic (exact) mass is 353 g/mol. The third-order valence-corrected chi connectivity index (χ3v) is 4.14. The topological polar surface area (TPSA) is 101 Å². The van der Waals surface area contributed by atoms with Crippen LogP contribution < -0.4 is 15.4 Å². The normalized spacial score (nSPS) is 16.2. The van der Waals surface area contributed by atoms with Crippen molar-refractivity contribution >= 4 is 29.1 Å². The van der Waals surface area contributed by atoms with E-state index in [1.54, 1.807) is 30.3 Å². The fraction of sp³-hybridized carbons (Fsp3) is 0.211. The second-order valence-electron chi connectivity index (χ2n) is 5.96. The van der Waals surface area contributed by atoms with Crippen LogP contribution in [0.2, 0.25) is 0 Å². The number of nitrogens with one attached hydrogen (secondary N) is 3. The van der Waals surface area contributed by atoms with Crippen molar-refractivity contribution < 1.29 is 19.1 Å². The summed E-state index contributed by atoms with van der Waals surface area (Å²) in [7, 11) is 1.52. The van der Waals surface area contributed by atoms with Crippen molar-refractivity contribution in [2.45, 2.75) is 12.8 Å². The Bertz CT molecular complexity index is 862. The number of aryl methyl sites for hydroxylation is 1. The number of amides is 2. The number of esters is 1. The van der Waals surface area contributed by atoms with Crippen LogP contribution in [0.1, 0.15) is 17.0 Å². The van der Waals surface area contributed by atoms with Crippen molar-refractivity contribution in [3.63, 3.8) is 0 Å². The van der Waals surface area contributed by atoms with Gasteiger partial charge in [0.1, 0.15) is 18.1 Å². The lowest BCUT2D eigenvalue weighted by Gasteiger charge is -2.16. The second kappa shape index (κ2) is 7.26. The summed E-state index contributed by atoms with van der Waals surface area (Å²) >= 11 is 0. The maximum atomic E-state index is 12.4. The third-order valence-electron chi connectivity index (χ3n) is 4.14. The average molecular weight is 353 g/mol. The van der Waals surface area contributed by atoms with E-state index in [0.29, 0.717) is 22.7 Å². The van der Waals surface area contributed by atoms with Crippen molar-refractivity contribution in [1.29, 1.82) is 5.41 Å². The summed E-state index contributed by atoms with van der Waals surface area (Å²) < 4.78 is 10.1. The molecule has 0 aromatic heterocycles. The molecule has 7 nitrogen and oxygen atoms in total. The molecule has 2 aromatic carbocycles. The highest BCUT2D eigenvalue weighted by atomic mass is 16.5. The predicted molar refractivity (Wildman–Crippen MR) is 98.2 cm³/mol. The Morgan fingerprint density at radius 3 is 2.54 bits per heavy atom. The standard InChI is InChI=1S/C19H19N3O4/c1-11-3-5-12(6-4-11)21-19(24)22-16-9-13(25-2)7-8-14(16)15-10-26-18(23)17(15)20/h3-9,15,20H,10H2,1-2H3,(H2,21,22,24). The average Bonchev–Trinajstić information content (AvgIpc) is 2.96. The summed E-state index contributed by atoms with van der Waals surface area (Å²) in [4.78, 5) is 23.9. The van der Waals surface area contributed by atoms with Crippen LogP contribution in [0.25, 0.3) is 0 Å². The largest absolute Gasteiger partial charge is 0.497 e. The van der Waals surface area contributed by atoms with Gasteiger partial charge in [-0.1, -0.05) is 23.8 Å². The van der Waals surface area contributed by atoms with Gasteiger partial charge in [-0.25, -0.2) is 9.59 Å². The molecule has 1 atom stereocenters. The van der Waals surface area contributed by atoms with Crippen molar-refractivity contribution in [2.24, 2.45) is 0 Å². The molecule has 0 aliphatic carbocycles. The molecule has 0 saturated carbocycles. The minimum atomic E-state index is -0.638. The molecule has 2 amide bonds. The summed E-state index contributed by atoms with van der Waals surface area (Å²) in [6.45, 7) is 2.05. The van der Waals surface area contributed by atoms with Crippen LogP contribution in [-0.2, 0) is 9.53 Å². The van der Waals surface area contributed by atoms with Gasteiger partial charge in [0.25, 0.3) is 0 Å². The summed E-state index contributed by atoms with van der Waals surface area (Å²) in [5, 5.41) is 13.4. The van der Waals surface area contributed by atoms with Gasteiger partial charge in [-0.15, -0.1) is 0 Å². The highest BCUT2D eigenvalue weighted by Gasteiger charge is 2.34. The van der Waals surface area contributed by atoms with Crippen LogP contribution in [0.3, 0.4) is 0 Å². The van der Waals surface area contributed by atoms with Crippen molar-refractivity contribution in [3.8, 4) is 5.75 Å². The van der Waals surface area contributed by atoms with Crippen LogP contribution in [0, 0.1) is 12.3 Å². The first kappa shape index (κ1) is 17.5. The SMILES string of the molecule is COc1ccc(C2COC(=O)C2=N)c(NC(=O)Nc2ccc(C)cc2)c1. The van der Waals surface area contributed by atoms with Crippen molar-refractivity contribution in [1.82, 2.24) is 0 Å². The zero-order valence-electron chi connectivity index (χ0n) is 14.5. The summed E-state index contributed by atoms with van der Waals surface area (Å²) in [6, 6.07) is 12.1. The Hall–Kier alpha value is -3.35. The molecule has 3 rings (SSSR count). The number of anilines is 2. The van der Waals surface area contributed by atoms with Crippen LogP contribution in [-0.4, -0.2) is 31.4 Å². The first-order valence-corrected chi connectivity index (χ1v) is 8.06. The molecule has 2 aromatic rings. The first-order chi connectivity index (χ1) is 12.5. The molecule has 134 valence electrons. The van der Waals surface area contributed by atoms with E-state index >= 15 is 0 Å². The zero-order valence-corrected chi connectivity index (χ0v) is 14.5. The lowest BCUT2D eigenvalue weighted by molar-refractivity contribution is -0.132. The number of hydrogen-bond donors (Lipinski definition) is 3. The Labute approximate surface area is 150 Å². The Morgan fingerprint density at radius 1 is 1.19 bits per heavy atom. The van der Waals surface area contributed by atoms with Gasteiger partial charge in [0.05, 0.1) is 18.7 Å². The fourth-order valence-electron chi connectivity index (χ4n) is 2.70. The minimum absolute atomic E-state index is 0.0816. The quantitative estimate of drug-likeness (QED) is 0.734. The smallest absolute Gasteiger partial charge is 0.352 e. The molecule has 1 unspecified atom stereocenters. The molecule has 0 bridgehead atoms. The second-order valence-corrected chi connectivity index (χ2v) is 5.96. The van der Waals surface area contributed by atoms with Gasteiger partial charge in [0.2, 0.25) is 0 Å². The predicted octanol–water partition coefficient (Wildman–Crippen LogP) is 3.31. The van der Waals surface area contributed by atoms with Crippen LogP contribution in [0.15, 0.2) is 42.5 Å². The summed E-state index contributed by atoms with van der Waals surface area (Å²) in [5.41, 5.74) is 2.71. The molecule has 7 heteroatoms. The lowest BCUT2D eigenvalue weighted by Crippen LogP contribution is -2.22. The molecule has 1 saturated heterocycles. The molecule has 1 aliphatic heterocycles. The van der Waals surface area contributed by atoms with E-state index < -0.39 is 17.9 Å².